The van der Waals surface area contributed by atoms with Crippen molar-refractivity contribution in [3.05, 3.63) is 52.9 Å². The Hall–Kier alpha value is -3.09. The highest BCUT2D eigenvalue weighted by molar-refractivity contribution is 5.92. The van der Waals surface area contributed by atoms with E-state index in [1.807, 2.05) is 0 Å². The van der Waals surface area contributed by atoms with E-state index in [-0.39, 0.29) is 23.9 Å². The van der Waals surface area contributed by atoms with Crippen molar-refractivity contribution in [3.8, 4) is 0 Å². The average molecular weight is 300 g/mol. The van der Waals surface area contributed by atoms with Crippen molar-refractivity contribution >= 4 is 28.9 Å². The lowest BCUT2D eigenvalue weighted by Gasteiger charge is -2.09. The van der Waals surface area contributed by atoms with Gasteiger partial charge in [0.15, 0.2) is 0 Å². The summed E-state index contributed by atoms with van der Waals surface area (Å²) in [7, 11) is 0. The first kappa shape index (κ1) is 15.3. The highest BCUT2D eigenvalue weighted by atomic mass is 16.2. The molecule has 1 heterocycles. The maximum Gasteiger partial charge on any atom is 0.251 e. The van der Waals surface area contributed by atoms with Gasteiger partial charge in [-0.1, -0.05) is 0 Å². The Morgan fingerprint density at radius 1 is 1.05 bits per heavy atom. The van der Waals surface area contributed by atoms with Crippen LogP contribution in [0.5, 0.6) is 0 Å². The predicted molar refractivity (Wildman–Crippen MR) is 84.5 cm³/mol. The van der Waals surface area contributed by atoms with Crippen molar-refractivity contribution < 1.29 is 9.59 Å². The van der Waals surface area contributed by atoms with Gasteiger partial charge in [0.2, 0.25) is 11.8 Å². The zero-order valence-electron chi connectivity index (χ0n) is 12.0. The summed E-state index contributed by atoms with van der Waals surface area (Å²) in [5.74, 6) is -0.516. The van der Waals surface area contributed by atoms with Gasteiger partial charge in [0, 0.05) is 36.2 Å². The Kier molecular flexibility index (Phi) is 4.57. The standard InChI is InChI=1S/C15H16N4O3/c1-10(20)17-12-3-5-13(6-4-12)18-14(21)9-19-8-11(16)2-7-15(19)22/h2-8H,9,16H2,1H3,(H,17,20)(H,18,21). The van der Waals surface area contributed by atoms with Gasteiger partial charge in [0.25, 0.3) is 5.56 Å². The van der Waals surface area contributed by atoms with Crippen LogP contribution in [0.2, 0.25) is 0 Å². The average Bonchev–Trinajstić information content (AvgIpc) is 2.44. The Bertz CT molecular complexity index is 750. The molecular weight excluding hydrogens is 284 g/mol. The molecule has 4 N–H and O–H groups in total. The first-order valence-corrected chi connectivity index (χ1v) is 6.57. The fourth-order valence-electron chi connectivity index (χ4n) is 1.87. The molecule has 0 aliphatic rings. The lowest BCUT2D eigenvalue weighted by atomic mass is 10.2. The third-order valence-corrected chi connectivity index (χ3v) is 2.81. The number of benzene rings is 1. The van der Waals surface area contributed by atoms with E-state index in [2.05, 4.69) is 10.6 Å². The van der Waals surface area contributed by atoms with Crippen LogP contribution in [0.4, 0.5) is 17.1 Å². The van der Waals surface area contributed by atoms with Crippen molar-refractivity contribution in [2.75, 3.05) is 16.4 Å². The van der Waals surface area contributed by atoms with Crippen molar-refractivity contribution in [2.24, 2.45) is 0 Å². The second-order valence-electron chi connectivity index (χ2n) is 4.74. The number of carbonyl (C=O) groups is 2. The van der Waals surface area contributed by atoms with Crippen LogP contribution in [0, 0.1) is 0 Å². The molecular formula is C15H16N4O3. The minimum atomic E-state index is -0.347. The first-order valence-electron chi connectivity index (χ1n) is 6.57. The van der Waals surface area contributed by atoms with E-state index in [9.17, 15) is 14.4 Å². The molecule has 1 aromatic carbocycles. The van der Waals surface area contributed by atoms with Crippen LogP contribution in [0.1, 0.15) is 6.92 Å². The van der Waals surface area contributed by atoms with Gasteiger partial charge in [0.1, 0.15) is 6.54 Å². The number of nitrogen functional groups attached to an aromatic ring is 1. The summed E-state index contributed by atoms with van der Waals surface area (Å²) in [5, 5.41) is 5.29. The Labute approximate surface area is 126 Å². The molecule has 7 nitrogen and oxygen atoms in total. The topological polar surface area (TPSA) is 106 Å². The van der Waals surface area contributed by atoms with Gasteiger partial charge in [0.05, 0.1) is 0 Å². The Balaban J connectivity index is 2.01. The molecule has 7 heteroatoms. The summed E-state index contributed by atoms with van der Waals surface area (Å²) in [5.41, 5.74) is 6.90. The molecule has 0 aliphatic heterocycles. The molecule has 0 atom stereocenters. The maximum atomic E-state index is 11.9. The van der Waals surface area contributed by atoms with E-state index in [4.69, 9.17) is 5.73 Å². The molecule has 0 saturated carbocycles. The minimum Gasteiger partial charge on any atom is -0.398 e. The van der Waals surface area contributed by atoms with Crippen LogP contribution in [0.3, 0.4) is 0 Å². The van der Waals surface area contributed by atoms with Gasteiger partial charge in [-0.15, -0.1) is 0 Å². The zero-order valence-corrected chi connectivity index (χ0v) is 12.0. The highest BCUT2D eigenvalue weighted by Gasteiger charge is 2.06. The number of pyridine rings is 1. The van der Waals surface area contributed by atoms with Gasteiger partial charge < -0.3 is 20.9 Å². The number of hydrogen-bond acceptors (Lipinski definition) is 4. The lowest BCUT2D eigenvalue weighted by Crippen LogP contribution is -2.27. The summed E-state index contributed by atoms with van der Waals surface area (Å²) < 4.78 is 1.23. The number of rotatable bonds is 4. The number of amides is 2. The zero-order chi connectivity index (χ0) is 16.1. The third-order valence-electron chi connectivity index (χ3n) is 2.81. The Morgan fingerprint density at radius 2 is 1.64 bits per heavy atom. The van der Waals surface area contributed by atoms with Gasteiger partial charge in [-0.3, -0.25) is 14.4 Å². The molecule has 22 heavy (non-hydrogen) atoms. The second-order valence-corrected chi connectivity index (χ2v) is 4.74. The maximum absolute atomic E-state index is 11.9. The van der Waals surface area contributed by atoms with Crippen molar-refractivity contribution in [1.29, 1.82) is 0 Å². The van der Waals surface area contributed by atoms with Crippen LogP contribution in [0.25, 0.3) is 0 Å². The predicted octanol–water partition coefficient (Wildman–Crippen LogP) is 1.03. The third kappa shape index (κ3) is 4.20. The molecule has 0 bridgehead atoms. The molecule has 2 amide bonds. The molecule has 1 aromatic heterocycles. The quantitative estimate of drug-likeness (QED) is 0.784. The SMILES string of the molecule is CC(=O)Nc1ccc(NC(=O)Cn2cc(N)ccc2=O)cc1. The summed E-state index contributed by atoms with van der Waals surface area (Å²) in [6, 6.07) is 9.45. The molecule has 0 fully saturated rings. The summed E-state index contributed by atoms with van der Waals surface area (Å²) in [4.78, 5) is 34.4. The molecule has 2 aromatic rings. The van der Waals surface area contributed by atoms with Crippen LogP contribution in [-0.4, -0.2) is 16.4 Å². The van der Waals surface area contributed by atoms with Crippen LogP contribution >= 0.6 is 0 Å². The molecule has 0 radical (unpaired) electrons. The van der Waals surface area contributed by atoms with Crippen molar-refractivity contribution in [3.63, 3.8) is 0 Å². The van der Waals surface area contributed by atoms with E-state index in [0.29, 0.717) is 17.1 Å². The normalized spacial score (nSPS) is 10.0. The van der Waals surface area contributed by atoms with Gasteiger partial charge in [-0.25, -0.2) is 0 Å². The molecule has 0 spiro atoms. The summed E-state index contributed by atoms with van der Waals surface area (Å²) in [6.45, 7) is 1.29. The molecule has 0 unspecified atom stereocenters. The van der Waals surface area contributed by atoms with E-state index >= 15 is 0 Å². The number of anilines is 3. The van der Waals surface area contributed by atoms with E-state index in [1.54, 1.807) is 24.3 Å². The van der Waals surface area contributed by atoms with Crippen molar-refractivity contribution in [1.82, 2.24) is 4.57 Å². The second kappa shape index (κ2) is 6.57. The number of nitrogens with two attached hydrogens (primary N) is 1. The monoisotopic (exact) mass is 300 g/mol. The van der Waals surface area contributed by atoms with Crippen LogP contribution < -0.4 is 21.9 Å². The molecule has 0 saturated heterocycles. The first-order chi connectivity index (χ1) is 10.4. The molecule has 0 aliphatic carbocycles. The molecule has 2 rings (SSSR count). The van der Waals surface area contributed by atoms with E-state index < -0.39 is 0 Å². The largest absolute Gasteiger partial charge is 0.398 e. The molecule has 114 valence electrons. The van der Waals surface area contributed by atoms with Gasteiger partial charge in [-0.05, 0) is 30.3 Å². The van der Waals surface area contributed by atoms with E-state index in [1.165, 1.54) is 29.8 Å². The fraction of sp³-hybridized carbons (Fsp3) is 0.133. The lowest BCUT2D eigenvalue weighted by molar-refractivity contribution is -0.117. The summed E-state index contributed by atoms with van der Waals surface area (Å²) in [6.07, 6.45) is 1.42. The fourth-order valence-corrected chi connectivity index (χ4v) is 1.87. The van der Waals surface area contributed by atoms with E-state index in [0.717, 1.165) is 0 Å². The summed E-state index contributed by atoms with van der Waals surface area (Å²) >= 11 is 0. The highest BCUT2D eigenvalue weighted by Crippen LogP contribution is 2.13. The number of carbonyl (C=O) groups excluding carboxylic acids is 2. The van der Waals surface area contributed by atoms with Crippen molar-refractivity contribution in [2.45, 2.75) is 13.5 Å². The smallest absolute Gasteiger partial charge is 0.251 e. The van der Waals surface area contributed by atoms with Crippen LogP contribution in [-0.2, 0) is 16.1 Å². The van der Waals surface area contributed by atoms with Gasteiger partial charge >= 0.3 is 0 Å². The number of aromatic nitrogens is 1. The number of hydrogen-bond donors (Lipinski definition) is 3. The Morgan fingerprint density at radius 3 is 2.23 bits per heavy atom. The number of nitrogens with one attached hydrogen (secondary N) is 2. The van der Waals surface area contributed by atoms with Gasteiger partial charge in [-0.2, -0.15) is 0 Å². The minimum absolute atomic E-state index is 0.128. The van der Waals surface area contributed by atoms with Crippen LogP contribution in [0.15, 0.2) is 47.4 Å². The number of nitrogens with zero attached hydrogens (tertiary/aromatic N) is 1.